The molecular formula is C17H17N. The molecule has 1 atom stereocenters. The van der Waals surface area contributed by atoms with Gasteiger partial charge in [-0.25, -0.2) is 0 Å². The number of benzene rings is 2. The first kappa shape index (κ1) is 11.2. The Morgan fingerprint density at radius 3 is 2.17 bits per heavy atom. The molecule has 1 nitrogen and oxygen atoms in total. The van der Waals surface area contributed by atoms with Crippen molar-refractivity contribution in [3.8, 4) is 0 Å². The largest absolute Gasteiger partial charge is 0.300 e. The van der Waals surface area contributed by atoms with E-state index < -0.39 is 0 Å². The van der Waals surface area contributed by atoms with Gasteiger partial charge in [0, 0.05) is 6.54 Å². The molecule has 0 saturated heterocycles. The van der Waals surface area contributed by atoms with Gasteiger partial charge in [0.05, 0.1) is 5.54 Å². The lowest BCUT2D eigenvalue weighted by Crippen LogP contribution is -2.30. The zero-order chi connectivity index (χ0) is 12.4. The first-order valence-corrected chi connectivity index (χ1v) is 6.36. The van der Waals surface area contributed by atoms with E-state index in [9.17, 15) is 0 Å². The first-order valence-electron chi connectivity index (χ1n) is 6.36. The average molecular weight is 235 g/mol. The second-order valence-electron chi connectivity index (χ2n) is 4.97. The molecule has 0 bridgehead atoms. The Balaban J connectivity index is 1.63. The van der Waals surface area contributed by atoms with E-state index in [-0.39, 0.29) is 5.54 Å². The normalized spacial score (nSPS) is 21.5. The second kappa shape index (κ2) is 4.43. The van der Waals surface area contributed by atoms with Gasteiger partial charge in [0.1, 0.15) is 0 Å². The van der Waals surface area contributed by atoms with E-state index in [0.717, 1.165) is 6.54 Å². The lowest BCUT2D eigenvalue weighted by molar-refractivity contribution is 0.588. The third-order valence-electron chi connectivity index (χ3n) is 3.50. The van der Waals surface area contributed by atoms with Crippen LogP contribution in [0.15, 0.2) is 66.7 Å². The number of rotatable bonds is 4. The van der Waals surface area contributed by atoms with Crippen molar-refractivity contribution in [2.24, 2.45) is 0 Å². The van der Waals surface area contributed by atoms with Gasteiger partial charge >= 0.3 is 0 Å². The van der Waals surface area contributed by atoms with E-state index in [1.165, 1.54) is 16.7 Å². The predicted molar refractivity (Wildman–Crippen MR) is 76.1 cm³/mol. The van der Waals surface area contributed by atoms with Crippen LogP contribution < -0.4 is 5.32 Å². The number of nitrogens with one attached hydrogen (secondary N) is 1. The van der Waals surface area contributed by atoms with Gasteiger partial charge in [-0.3, -0.25) is 0 Å². The van der Waals surface area contributed by atoms with Crippen molar-refractivity contribution in [1.82, 2.24) is 5.32 Å². The van der Waals surface area contributed by atoms with E-state index in [0.29, 0.717) is 0 Å². The van der Waals surface area contributed by atoms with E-state index >= 15 is 0 Å². The maximum absolute atomic E-state index is 3.61. The van der Waals surface area contributed by atoms with Crippen molar-refractivity contribution in [1.29, 1.82) is 0 Å². The minimum Gasteiger partial charge on any atom is -0.300 e. The molecule has 0 amide bonds. The number of hydrogen-bond donors (Lipinski definition) is 1. The van der Waals surface area contributed by atoms with Crippen LogP contribution in [0.2, 0.25) is 0 Å². The van der Waals surface area contributed by atoms with Crippen LogP contribution in [0, 0.1) is 0 Å². The molecule has 2 aromatic carbocycles. The Hall–Kier alpha value is -1.86. The van der Waals surface area contributed by atoms with Gasteiger partial charge in [0.2, 0.25) is 0 Å². The minimum absolute atomic E-state index is 0.0667. The van der Waals surface area contributed by atoms with E-state index in [4.69, 9.17) is 0 Å². The summed E-state index contributed by atoms with van der Waals surface area (Å²) in [5, 5.41) is 3.61. The summed E-state index contributed by atoms with van der Waals surface area (Å²) in [5.41, 5.74) is 4.11. The molecule has 18 heavy (non-hydrogen) atoms. The molecule has 90 valence electrons. The Morgan fingerprint density at radius 2 is 1.50 bits per heavy atom. The zero-order valence-corrected chi connectivity index (χ0v) is 10.6. The molecule has 0 radical (unpaired) electrons. The highest BCUT2D eigenvalue weighted by Crippen LogP contribution is 2.42. The monoisotopic (exact) mass is 235 g/mol. The molecule has 1 unspecified atom stereocenters. The van der Waals surface area contributed by atoms with Gasteiger partial charge in [-0.05, 0) is 23.6 Å². The summed E-state index contributed by atoms with van der Waals surface area (Å²) in [5.74, 6) is 0. The minimum atomic E-state index is 0.0667. The summed E-state index contributed by atoms with van der Waals surface area (Å²) in [4.78, 5) is 0. The van der Waals surface area contributed by atoms with Gasteiger partial charge in [0.15, 0.2) is 0 Å². The van der Waals surface area contributed by atoms with E-state index in [1.807, 2.05) is 0 Å². The maximum atomic E-state index is 3.61. The standard InChI is InChI=1S/C17H17N/c1-17(18-13-14-8-4-2-5-9-14)12-16(17)15-10-6-3-7-11-15/h2-12,18H,13H2,1H3. The summed E-state index contributed by atoms with van der Waals surface area (Å²) >= 11 is 0. The molecule has 1 aliphatic carbocycles. The fourth-order valence-electron chi connectivity index (χ4n) is 2.28. The topological polar surface area (TPSA) is 12.0 Å². The molecule has 1 aliphatic rings. The third kappa shape index (κ3) is 2.22. The van der Waals surface area contributed by atoms with Crippen LogP contribution in [-0.4, -0.2) is 5.54 Å². The SMILES string of the molecule is CC1(NCc2ccccc2)C=C1c1ccccc1. The molecule has 1 N–H and O–H groups in total. The summed E-state index contributed by atoms with van der Waals surface area (Å²) in [6.45, 7) is 3.14. The van der Waals surface area contributed by atoms with Crippen LogP contribution in [0.1, 0.15) is 18.1 Å². The molecule has 0 aromatic heterocycles. The van der Waals surface area contributed by atoms with Gasteiger partial charge in [-0.1, -0.05) is 66.7 Å². The molecule has 0 spiro atoms. The Bertz CT molecular complexity index is 557. The number of hydrogen-bond acceptors (Lipinski definition) is 1. The summed E-state index contributed by atoms with van der Waals surface area (Å²) in [6, 6.07) is 21.1. The average Bonchev–Trinajstić information content (AvgIpc) is 3.12. The van der Waals surface area contributed by atoms with Crippen molar-refractivity contribution in [2.45, 2.75) is 19.0 Å². The van der Waals surface area contributed by atoms with E-state index in [1.54, 1.807) is 0 Å². The third-order valence-corrected chi connectivity index (χ3v) is 3.50. The highest BCUT2D eigenvalue weighted by atomic mass is 15.0. The summed E-state index contributed by atoms with van der Waals surface area (Å²) < 4.78 is 0. The van der Waals surface area contributed by atoms with Crippen LogP contribution in [0.5, 0.6) is 0 Å². The zero-order valence-electron chi connectivity index (χ0n) is 10.6. The molecule has 0 aliphatic heterocycles. The fourth-order valence-corrected chi connectivity index (χ4v) is 2.28. The molecule has 3 rings (SSSR count). The van der Waals surface area contributed by atoms with Gasteiger partial charge in [0.25, 0.3) is 0 Å². The van der Waals surface area contributed by atoms with Crippen LogP contribution in [0.3, 0.4) is 0 Å². The predicted octanol–water partition coefficient (Wildman–Crippen LogP) is 3.63. The quantitative estimate of drug-likeness (QED) is 0.853. The fraction of sp³-hybridized carbons (Fsp3) is 0.176. The van der Waals surface area contributed by atoms with Crippen LogP contribution in [-0.2, 0) is 6.54 Å². The second-order valence-corrected chi connectivity index (χ2v) is 4.97. The Kier molecular flexibility index (Phi) is 2.77. The van der Waals surface area contributed by atoms with Crippen LogP contribution >= 0.6 is 0 Å². The van der Waals surface area contributed by atoms with Crippen molar-refractivity contribution >= 4 is 5.57 Å². The first-order chi connectivity index (χ1) is 8.78. The van der Waals surface area contributed by atoms with Crippen molar-refractivity contribution in [3.05, 3.63) is 77.9 Å². The van der Waals surface area contributed by atoms with Gasteiger partial charge < -0.3 is 5.32 Å². The smallest absolute Gasteiger partial charge is 0.0604 e. The van der Waals surface area contributed by atoms with Crippen molar-refractivity contribution < 1.29 is 0 Å². The molecule has 0 heterocycles. The van der Waals surface area contributed by atoms with Crippen LogP contribution in [0.4, 0.5) is 0 Å². The van der Waals surface area contributed by atoms with Gasteiger partial charge in [-0.15, -0.1) is 0 Å². The lowest BCUT2D eigenvalue weighted by Gasteiger charge is -2.15. The van der Waals surface area contributed by atoms with Gasteiger partial charge in [-0.2, -0.15) is 0 Å². The molecule has 0 fully saturated rings. The van der Waals surface area contributed by atoms with Crippen LogP contribution in [0.25, 0.3) is 5.57 Å². The maximum Gasteiger partial charge on any atom is 0.0604 e. The van der Waals surface area contributed by atoms with Crippen molar-refractivity contribution in [2.75, 3.05) is 0 Å². The highest BCUT2D eigenvalue weighted by molar-refractivity contribution is 5.88. The lowest BCUT2D eigenvalue weighted by atomic mass is 10.1. The Morgan fingerprint density at radius 1 is 0.889 bits per heavy atom. The highest BCUT2D eigenvalue weighted by Gasteiger charge is 2.39. The summed E-state index contributed by atoms with van der Waals surface area (Å²) in [7, 11) is 0. The van der Waals surface area contributed by atoms with E-state index in [2.05, 4.69) is 79.0 Å². The molecule has 0 saturated carbocycles. The summed E-state index contributed by atoms with van der Waals surface area (Å²) in [6.07, 6.45) is 2.30. The molecular weight excluding hydrogens is 218 g/mol. The van der Waals surface area contributed by atoms with Crippen molar-refractivity contribution in [3.63, 3.8) is 0 Å². The molecule has 1 heteroatoms. The Labute approximate surface area is 108 Å². The molecule has 2 aromatic rings.